The van der Waals surface area contributed by atoms with Gasteiger partial charge in [-0.3, -0.25) is 4.79 Å². The molecule has 98 valence electrons. The summed E-state index contributed by atoms with van der Waals surface area (Å²) in [7, 11) is 0. The van der Waals surface area contributed by atoms with Crippen LogP contribution >= 0.6 is 0 Å². The fourth-order valence-corrected chi connectivity index (χ4v) is 2.30. The summed E-state index contributed by atoms with van der Waals surface area (Å²) in [5.41, 5.74) is 1.92. The third-order valence-electron chi connectivity index (χ3n) is 3.35. The maximum atomic E-state index is 12.4. The first-order valence-electron chi connectivity index (χ1n) is 6.73. The molecule has 1 aliphatic heterocycles. The van der Waals surface area contributed by atoms with E-state index < -0.39 is 0 Å². The molecule has 1 atom stereocenters. The quantitative estimate of drug-likeness (QED) is 0.812. The van der Waals surface area contributed by atoms with E-state index >= 15 is 0 Å². The molecule has 1 aliphatic rings. The minimum Gasteiger partial charge on any atom is -0.493 e. The van der Waals surface area contributed by atoms with Gasteiger partial charge in [-0.1, -0.05) is 26.0 Å². The summed E-state index contributed by atoms with van der Waals surface area (Å²) >= 11 is 0. The van der Waals surface area contributed by atoms with Gasteiger partial charge in [0.2, 0.25) is 0 Å². The van der Waals surface area contributed by atoms with Gasteiger partial charge in [0.25, 0.3) is 0 Å². The van der Waals surface area contributed by atoms with Crippen molar-refractivity contribution >= 4 is 5.78 Å². The number of carbonyl (C=O) groups is 1. The van der Waals surface area contributed by atoms with Gasteiger partial charge in [-0.15, -0.1) is 0 Å². The summed E-state index contributed by atoms with van der Waals surface area (Å²) in [5, 5.41) is 3.22. The Bertz CT molecular complexity index is 429. The second-order valence-corrected chi connectivity index (χ2v) is 4.82. The van der Waals surface area contributed by atoms with Crippen LogP contribution in [0.4, 0.5) is 0 Å². The van der Waals surface area contributed by atoms with Crippen LogP contribution in [0, 0.1) is 5.92 Å². The molecular formula is C15H21NO2. The van der Waals surface area contributed by atoms with Crippen molar-refractivity contribution in [2.75, 3.05) is 19.7 Å². The summed E-state index contributed by atoms with van der Waals surface area (Å²) in [4.78, 5) is 12.4. The number of nitrogens with one attached hydrogen (secondary N) is 1. The van der Waals surface area contributed by atoms with Gasteiger partial charge >= 0.3 is 0 Å². The zero-order chi connectivity index (χ0) is 13.0. The molecule has 0 saturated carbocycles. The Labute approximate surface area is 109 Å². The Balaban J connectivity index is 2.19. The SMILES string of the molecule is CCNCC(C)C(=O)c1cccc2c1OCCC2. The lowest BCUT2D eigenvalue weighted by molar-refractivity contribution is 0.0924. The average Bonchev–Trinajstić information content (AvgIpc) is 2.43. The van der Waals surface area contributed by atoms with Gasteiger partial charge in [0.1, 0.15) is 5.75 Å². The number of para-hydroxylation sites is 1. The van der Waals surface area contributed by atoms with Crippen molar-refractivity contribution in [3.8, 4) is 5.75 Å². The van der Waals surface area contributed by atoms with Crippen molar-refractivity contribution in [3.63, 3.8) is 0 Å². The highest BCUT2D eigenvalue weighted by Crippen LogP contribution is 2.30. The molecule has 0 saturated heterocycles. The van der Waals surface area contributed by atoms with Crippen molar-refractivity contribution in [1.29, 1.82) is 0 Å². The number of Topliss-reactive ketones (excluding diaryl/α,β-unsaturated/α-hetero) is 1. The molecule has 2 rings (SSSR count). The molecule has 0 aromatic heterocycles. The Morgan fingerprint density at radius 3 is 3.11 bits per heavy atom. The van der Waals surface area contributed by atoms with E-state index in [2.05, 4.69) is 11.4 Å². The monoisotopic (exact) mass is 247 g/mol. The van der Waals surface area contributed by atoms with Crippen LogP contribution in [0.1, 0.15) is 36.2 Å². The summed E-state index contributed by atoms with van der Waals surface area (Å²) < 4.78 is 5.69. The van der Waals surface area contributed by atoms with E-state index in [1.54, 1.807) is 0 Å². The first-order chi connectivity index (χ1) is 8.74. The van der Waals surface area contributed by atoms with Crippen LogP contribution in [-0.2, 0) is 6.42 Å². The van der Waals surface area contributed by atoms with E-state index in [9.17, 15) is 4.79 Å². The van der Waals surface area contributed by atoms with Crippen LogP contribution in [-0.4, -0.2) is 25.5 Å². The van der Waals surface area contributed by atoms with E-state index in [-0.39, 0.29) is 11.7 Å². The van der Waals surface area contributed by atoms with Crippen molar-refractivity contribution in [2.45, 2.75) is 26.7 Å². The highest BCUT2D eigenvalue weighted by molar-refractivity contribution is 6.00. The van der Waals surface area contributed by atoms with E-state index in [0.717, 1.165) is 43.9 Å². The summed E-state index contributed by atoms with van der Waals surface area (Å²) in [6, 6.07) is 5.90. The molecule has 0 aliphatic carbocycles. The van der Waals surface area contributed by atoms with E-state index in [1.807, 2.05) is 26.0 Å². The van der Waals surface area contributed by atoms with Gasteiger partial charge in [0.15, 0.2) is 5.78 Å². The largest absolute Gasteiger partial charge is 0.493 e. The maximum Gasteiger partial charge on any atom is 0.170 e. The Morgan fingerprint density at radius 2 is 2.33 bits per heavy atom. The lowest BCUT2D eigenvalue weighted by atomic mass is 9.94. The predicted molar refractivity (Wildman–Crippen MR) is 72.3 cm³/mol. The van der Waals surface area contributed by atoms with Crippen molar-refractivity contribution in [1.82, 2.24) is 5.32 Å². The van der Waals surface area contributed by atoms with Crippen molar-refractivity contribution < 1.29 is 9.53 Å². The smallest absolute Gasteiger partial charge is 0.170 e. The lowest BCUT2D eigenvalue weighted by Crippen LogP contribution is -2.27. The summed E-state index contributed by atoms with van der Waals surface area (Å²) in [6.45, 7) is 6.34. The van der Waals surface area contributed by atoms with Crippen LogP contribution in [0.25, 0.3) is 0 Å². The first-order valence-corrected chi connectivity index (χ1v) is 6.73. The molecule has 0 bridgehead atoms. The number of hydrogen-bond acceptors (Lipinski definition) is 3. The minimum absolute atomic E-state index is 0.0121. The molecule has 0 spiro atoms. The number of aryl methyl sites for hydroxylation is 1. The molecule has 0 radical (unpaired) electrons. The fourth-order valence-electron chi connectivity index (χ4n) is 2.30. The summed E-state index contributed by atoms with van der Waals surface area (Å²) in [5.74, 6) is 0.980. The van der Waals surface area contributed by atoms with Gasteiger partial charge in [-0.25, -0.2) is 0 Å². The zero-order valence-electron chi connectivity index (χ0n) is 11.2. The van der Waals surface area contributed by atoms with E-state index in [4.69, 9.17) is 4.74 Å². The first kappa shape index (κ1) is 13.1. The molecule has 1 aromatic carbocycles. The normalized spacial score (nSPS) is 15.7. The number of fused-ring (bicyclic) bond motifs is 1. The van der Waals surface area contributed by atoms with Gasteiger partial charge < -0.3 is 10.1 Å². The van der Waals surface area contributed by atoms with Gasteiger partial charge in [-0.05, 0) is 31.0 Å². The number of rotatable bonds is 5. The lowest BCUT2D eigenvalue weighted by Gasteiger charge is -2.21. The van der Waals surface area contributed by atoms with E-state index in [0.29, 0.717) is 0 Å². The fraction of sp³-hybridized carbons (Fsp3) is 0.533. The molecule has 1 unspecified atom stereocenters. The number of benzene rings is 1. The highest BCUT2D eigenvalue weighted by Gasteiger charge is 2.22. The second-order valence-electron chi connectivity index (χ2n) is 4.82. The topological polar surface area (TPSA) is 38.3 Å². The van der Waals surface area contributed by atoms with Crippen molar-refractivity contribution in [3.05, 3.63) is 29.3 Å². The maximum absolute atomic E-state index is 12.4. The Morgan fingerprint density at radius 1 is 1.50 bits per heavy atom. The van der Waals surface area contributed by atoms with Gasteiger partial charge in [0, 0.05) is 12.5 Å². The molecule has 0 amide bonds. The van der Waals surface area contributed by atoms with Gasteiger partial charge in [0.05, 0.1) is 12.2 Å². The van der Waals surface area contributed by atoms with Gasteiger partial charge in [-0.2, -0.15) is 0 Å². The standard InChI is InChI=1S/C15H21NO2/c1-3-16-10-11(2)14(17)13-8-4-6-12-7-5-9-18-15(12)13/h4,6,8,11,16H,3,5,7,9-10H2,1-2H3. The number of hydrogen-bond donors (Lipinski definition) is 1. The Kier molecular flexibility index (Phi) is 4.37. The molecule has 3 nitrogen and oxygen atoms in total. The number of ketones is 1. The zero-order valence-corrected chi connectivity index (χ0v) is 11.2. The van der Waals surface area contributed by atoms with Crippen LogP contribution in [0.3, 0.4) is 0 Å². The summed E-state index contributed by atoms with van der Waals surface area (Å²) in [6.07, 6.45) is 2.05. The average molecular weight is 247 g/mol. The van der Waals surface area contributed by atoms with Crippen LogP contribution in [0.15, 0.2) is 18.2 Å². The third kappa shape index (κ3) is 2.72. The predicted octanol–water partition coefficient (Wildman–Crippen LogP) is 2.44. The molecule has 0 fully saturated rings. The van der Waals surface area contributed by atoms with Crippen LogP contribution in [0.5, 0.6) is 5.75 Å². The van der Waals surface area contributed by atoms with Crippen LogP contribution in [0.2, 0.25) is 0 Å². The van der Waals surface area contributed by atoms with Crippen molar-refractivity contribution in [2.24, 2.45) is 5.92 Å². The molecule has 3 heteroatoms. The van der Waals surface area contributed by atoms with E-state index in [1.165, 1.54) is 5.56 Å². The third-order valence-corrected chi connectivity index (χ3v) is 3.35. The molecule has 1 aromatic rings. The highest BCUT2D eigenvalue weighted by atomic mass is 16.5. The molecule has 18 heavy (non-hydrogen) atoms. The second kappa shape index (κ2) is 6.01. The Hall–Kier alpha value is -1.35. The molecule has 1 N–H and O–H groups in total. The minimum atomic E-state index is -0.0121. The number of carbonyl (C=O) groups excluding carboxylic acids is 1. The molecular weight excluding hydrogens is 226 g/mol. The number of ether oxygens (including phenoxy) is 1. The molecule has 1 heterocycles. The van der Waals surface area contributed by atoms with Crippen LogP contribution < -0.4 is 10.1 Å².